The van der Waals surface area contributed by atoms with Gasteiger partial charge >= 0.3 is 0 Å². The first-order valence-corrected chi connectivity index (χ1v) is 8.47. The van der Waals surface area contributed by atoms with E-state index in [9.17, 15) is 14.7 Å². The topological polar surface area (TPSA) is 73.7 Å². The first-order chi connectivity index (χ1) is 11.0. The number of hydrogen-bond acceptors (Lipinski definition) is 5. The molecule has 0 bridgehead atoms. The molecule has 1 aromatic carbocycles. The fourth-order valence-electron chi connectivity index (χ4n) is 3.09. The minimum absolute atomic E-state index is 0.0388. The van der Waals surface area contributed by atoms with Crippen molar-refractivity contribution >= 4 is 38.5 Å². The van der Waals surface area contributed by atoms with Crippen molar-refractivity contribution in [2.75, 3.05) is 24.5 Å². The van der Waals surface area contributed by atoms with Crippen molar-refractivity contribution in [1.82, 2.24) is 9.88 Å². The molecule has 23 heavy (non-hydrogen) atoms. The highest BCUT2D eigenvalue weighted by atomic mass is 32.1. The van der Waals surface area contributed by atoms with Crippen LogP contribution in [0, 0.1) is 12.8 Å². The Morgan fingerprint density at radius 3 is 2.87 bits per heavy atom. The fraction of sp³-hybridized carbons (Fsp3) is 0.438. The van der Waals surface area contributed by atoms with E-state index < -0.39 is 6.10 Å². The van der Waals surface area contributed by atoms with Gasteiger partial charge in [-0.15, -0.1) is 0 Å². The summed E-state index contributed by atoms with van der Waals surface area (Å²) in [7, 11) is 0. The van der Waals surface area contributed by atoms with Crippen LogP contribution >= 0.6 is 11.3 Å². The Hall–Kier alpha value is -1.99. The number of aryl methyl sites for hydroxylation is 1. The van der Waals surface area contributed by atoms with Crippen LogP contribution in [0.4, 0.5) is 5.13 Å². The summed E-state index contributed by atoms with van der Waals surface area (Å²) in [6, 6.07) is 6.01. The van der Waals surface area contributed by atoms with E-state index in [1.54, 1.807) is 9.80 Å². The van der Waals surface area contributed by atoms with Gasteiger partial charge in [0.1, 0.15) is 0 Å². The second-order valence-electron chi connectivity index (χ2n) is 6.27. The first kappa shape index (κ1) is 14.6. The van der Waals surface area contributed by atoms with Crippen LogP contribution in [0.3, 0.4) is 0 Å². The van der Waals surface area contributed by atoms with Crippen LogP contribution in [0.5, 0.6) is 0 Å². The van der Waals surface area contributed by atoms with Gasteiger partial charge in [-0.05, 0) is 24.6 Å². The Bertz CT molecular complexity index is 797. The maximum Gasteiger partial charge on any atom is 0.229 e. The number of carbonyl (C=O) groups is 2. The standard InChI is InChI=1S/C16H17N3O3S/c1-9-2-3-12-13(4-9)23-16(17-12)19-6-10(5-14(19)21)15(22)18-7-11(20)8-18/h2-4,10-11,20H,5-8H2,1H3. The molecule has 2 aliphatic rings. The second kappa shape index (κ2) is 5.28. The molecule has 2 aliphatic heterocycles. The third-order valence-electron chi connectivity index (χ3n) is 4.41. The highest BCUT2D eigenvalue weighted by Gasteiger charge is 2.41. The van der Waals surface area contributed by atoms with E-state index in [1.165, 1.54) is 11.3 Å². The molecule has 3 heterocycles. The molecule has 2 fully saturated rings. The van der Waals surface area contributed by atoms with E-state index in [2.05, 4.69) is 11.1 Å². The molecule has 4 rings (SSSR count). The van der Waals surface area contributed by atoms with Crippen LogP contribution < -0.4 is 4.90 Å². The number of fused-ring (bicyclic) bond motifs is 1. The van der Waals surface area contributed by atoms with E-state index >= 15 is 0 Å². The van der Waals surface area contributed by atoms with E-state index in [0.29, 0.717) is 24.8 Å². The Morgan fingerprint density at radius 2 is 2.13 bits per heavy atom. The number of carbonyl (C=O) groups excluding carboxylic acids is 2. The third-order valence-corrected chi connectivity index (χ3v) is 5.45. The van der Waals surface area contributed by atoms with Gasteiger partial charge < -0.3 is 10.0 Å². The largest absolute Gasteiger partial charge is 0.389 e. The normalized spacial score (nSPS) is 22.0. The molecule has 0 radical (unpaired) electrons. The molecule has 0 aliphatic carbocycles. The van der Waals surface area contributed by atoms with Crippen molar-refractivity contribution in [2.45, 2.75) is 19.4 Å². The lowest BCUT2D eigenvalue weighted by Gasteiger charge is -2.37. The van der Waals surface area contributed by atoms with Crippen LogP contribution in [-0.4, -0.2) is 52.5 Å². The molecule has 0 spiro atoms. The van der Waals surface area contributed by atoms with Crippen molar-refractivity contribution in [3.63, 3.8) is 0 Å². The summed E-state index contributed by atoms with van der Waals surface area (Å²) in [4.78, 5) is 32.4. The number of hydrogen-bond donors (Lipinski definition) is 1. The smallest absolute Gasteiger partial charge is 0.229 e. The summed E-state index contributed by atoms with van der Waals surface area (Å²) in [5.74, 6) is -0.424. The van der Waals surface area contributed by atoms with Crippen molar-refractivity contribution in [3.05, 3.63) is 23.8 Å². The highest BCUT2D eigenvalue weighted by molar-refractivity contribution is 7.22. The van der Waals surface area contributed by atoms with Crippen LogP contribution in [0.2, 0.25) is 0 Å². The number of nitrogens with zero attached hydrogens (tertiary/aromatic N) is 3. The van der Waals surface area contributed by atoms with Gasteiger partial charge in [-0.3, -0.25) is 14.5 Å². The van der Waals surface area contributed by atoms with Crippen molar-refractivity contribution in [1.29, 1.82) is 0 Å². The maximum absolute atomic E-state index is 12.3. The predicted molar refractivity (Wildman–Crippen MR) is 87.4 cm³/mol. The number of likely N-dealkylation sites (tertiary alicyclic amines) is 1. The summed E-state index contributed by atoms with van der Waals surface area (Å²) in [6.45, 7) is 3.16. The van der Waals surface area contributed by atoms with Crippen LogP contribution in [0.25, 0.3) is 10.2 Å². The number of aliphatic hydroxyl groups excluding tert-OH is 1. The van der Waals surface area contributed by atoms with E-state index in [1.807, 2.05) is 19.1 Å². The van der Waals surface area contributed by atoms with Crippen LogP contribution in [-0.2, 0) is 9.59 Å². The summed E-state index contributed by atoms with van der Waals surface area (Å²) in [6.07, 6.45) is -0.194. The zero-order valence-corrected chi connectivity index (χ0v) is 13.5. The number of aromatic nitrogens is 1. The minimum Gasteiger partial charge on any atom is -0.389 e. The van der Waals surface area contributed by atoms with Crippen molar-refractivity contribution < 1.29 is 14.7 Å². The summed E-state index contributed by atoms with van der Waals surface area (Å²) >= 11 is 1.48. The van der Waals surface area contributed by atoms with Gasteiger partial charge in [0.25, 0.3) is 0 Å². The molecule has 0 saturated carbocycles. The molecular formula is C16H17N3O3S. The van der Waals surface area contributed by atoms with Crippen molar-refractivity contribution in [3.8, 4) is 0 Å². The lowest BCUT2D eigenvalue weighted by atomic mass is 10.0. The lowest BCUT2D eigenvalue weighted by Crippen LogP contribution is -2.55. The third kappa shape index (κ3) is 2.49. The molecular weight excluding hydrogens is 314 g/mol. The number of thiazole rings is 1. The number of benzene rings is 1. The van der Waals surface area contributed by atoms with Gasteiger partial charge in [0.2, 0.25) is 11.8 Å². The van der Waals surface area contributed by atoms with E-state index in [-0.39, 0.29) is 24.2 Å². The zero-order valence-electron chi connectivity index (χ0n) is 12.7. The average molecular weight is 331 g/mol. The fourth-order valence-corrected chi connectivity index (χ4v) is 4.18. The monoisotopic (exact) mass is 331 g/mol. The molecule has 1 aromatic heterocycles. The molecule has 2 saturated heterocycles. The van der Waals surface area contributed by atoms with E-state index in [4.69, 9.17) is 0 Å². The molecule has 2 amide bonds. The second-order valence-corrected chi connectivity index (χ2v) is 7.28. The molecule has 7 heteroatoms. The summed E-state index contributed by atoms with van der Waals surface area (Å²) in [5.41, 5.74) is 2.04. The quantitative estimate of drug-likeness (QED) is 0.896. The van der Waals surface area contributed by atoms with Gasteiger partial charge in [-0.2, -0.15) is 0 Å². The average Bonchev–Trinajstić information content (AvgIpc) is 3.06. The minimum atomic E-state index is -0.417. The summed E-state index contributed by atoms with van der Waals surface area (Å²) in [5, 5.41) is 9.98. The molecule has 120 valence electrons. The maximum atomic E-state index is 12.3. The molecule has 1 unspecified atom stereocenters. The number of rotatable bonds is 2. The number of anilines is 1. The molecule has 1 N–H and O–H groups in total. The molecule has 1 atom stereocenters. The van der Waals surface area contributed by atoms with Gasteiger partial charge in [-0.1, -0.05) is 17.4 Å². The Balaban J connectivity index is 1.54. The highest BCUT2D eigenvalue weighted by Crippen LogP contribution is 2.34. The number of aliphatic hydroxyl groups is 1. The van der Waals surface area contributed by atoms with Crippen LogP contribution in [0.15, 0.2) is 18.2 Å². The Labute approximate surface area is 137 Å². The molecule has 6 nitrogen and oxygen atoms in total. The van der Waals surface area contributed by atoms with Gasteiger partial charge in [0, 0.05) is 26.1 Å². The number of amides is 2. The van der Waals surface area contributed by atoms with Crippen molar-refractivity contribution in [2.24, 2.45) is 5.92 Å². The van der Waals surface area contributed by atoms with Crippen LogP contribution in [0.1, 0.15) is 12.0 Å². The van der Waals surface area contributed by atoms with Gasteiger partial charge in [0.15, 0.2) is 5.13 Å². The summed E-state index contributed by atoms with van der Waals surface area (Å²) < 4.78 is 1.05. The Kier molecular flexibility index (Phi) is 3.35. The number of β-amino-alcohol motifs (C(OH)–C–C–N with tert-alkyl or cyclic N) is 1. The SMILES string of the molecule is Cc1ccc2nc(N3CC(C(=O)N4CC(O)C4)CC3=O)sc2c1. The van der Waals surface area contributed by atoms with Gasteiger partial charge in [-0.25, -0.2) is 4.98 Å². The lowest BCUT2D eigenvalue weighted by molar-refractivity contribution is -0.145. The zero-order chi connectivity index (χ0) is 16.1. The first-order valence-electron chi connectivity index (χ1n) is 7.65. The van der Waals surface area contributed by atoms with E-state index in [0.717, 1.165) is 15.8 Å². The van der Waals surface area contributed by atoms with Gasteiger partial charge in [0.05, 0.1) is 22.2 Å². The Morgan fingerprint density at radius 1 is 1.35 bits per heavy atom. The molecule has 2 aromatic rings. The predicted octanol–water partition coefficient (Wildman–Crippen LogP) is 1.16.